The van der Waals surface area contributed by atoms with Crippen LogP contribution in [0.15, 0.2) is 18.2 Å². The lowest BCUT2D eigenvalue weighted by molar-refractivity contribution is -0.139. The highest BCUT2D eigenvalue weighted by atomic mass is 16.7. The van der Waals surface area contributed by atoms with Crippen molar-refractivity contribution < 1.29 is 14.7 Å². The molecule has 0 bridgehead atoms. The minimum Gasteiger partial charge on any atom is -0.463 e. The van der Waals surface area contributed by atoms with E-state index in [4.69, 9.17) is 9.94 Å². The van der Waals surface area contributed by atoms with E-state index in [9.17, 15) is 4.79 Å². The van der Waals surface area contributed by atoms with Crippen molar-refractivity contribution >= 4 is 17.1 Å². The third kappa shape index (κ3) is 2.85. The van der Waals surface area contributed by atoms with Crippen LogP contribution in [0.1, 0.15) is 25.2 Å². The Morgan fingerprint density at radius 1 is 1.47 bits per heavy atom. The van der Waals surface area contributed by atoms with Gasteiger partial charge in [-0.2, -0.15) is 5.06 Å². The Morgan fingerprint density at radius 2 is 2.26 bits per heavy atom. The smallest absolute Gasteiger partial charge is 0.431 e. The zero-order chi connectivity index (χ0) is 13.8. The summed E-state index contributed by atoms with van der Waals surface area (Å²) in [5, 5.41) is 9.73. The van der Waals surface area contributed by atoms with Gasteiger partial charge in [-0.1, -0.05) is 19.1 Å². The molecule has 2 N–H and O–H groups in total. The first-order valence-corrected chi connectivity index (χ1v) is 6.25. The Bertz CT molecular complexity index is 580. The second-order valence-corrected chi connectivity index (χ2v) is 4.10. The molecule has 0 saturated carbocycles. The van der Waals surface area contributed by atoms with Crippen LogP contribution in [0.5, 0.6) is 0 Å². The number of hydrogen-bond donors (Lipinski definition) is 2. The number of H-pyrrole nitrogens is 1. The number of benzene rings is 1. The average Bonchev–Trinajstić information content (AvgIpc) is 2.81. The molecule has 1 aromatic heterocycles. The van der Waals surface area contributed by atoms with E-state index in [1.165, 1.54) is 5.56 Å². The summed E-state index contributed by atoms with van der Waals surface area (Å²) in [6.07, 6.45) is -0.191. The molecular weight excluding hydrogens is 246 g/mol. The van der Waals surface area contributed by atoms with Crippen molar-refractivity contribution in [2.45, 2.75) is 26.9 Å². The lowest BCUT2D eigenvalue weighted by atomic mass is 10.1. The number of nitrogens with one attached hydrogen (secondary N) is 1. The van der Waals surface area contributed by atoms with Crippen LogP contribution in [-0.2, 0) is 17.9 Å². The predicted octanol–water partition coefficient (Wildman–Crippen LogP) is 2.56. The largest absolute Gasteiger partial charge is 0.463 e. The van der Waals surface area contributed by atoms with Gasteiger partial charge in [0.15, 0.2) is 0 Å². The fourth-order valence-electron chi connectivity index (χ4n) is 1.93. The van der Waals surface area contributed by atoms with E-state index in [0.717, 1.165) is 22.5 Å². The molecule has 0 unspecified atom stereocenters. The van der Waals surface area contributed by atoms with Gasteiger partial charge in [-0.05, 0) is 25.0 Å². The van der Waals surface area contributed by atoms with E-state index in [1.807, 2.05) is 18.2 Å². The Balaban J connectivity index is 2.16. The highest BCUT2D eigenvalue weighted by Gasteiger charge is 2.12. The molecule has 6 nitrogen and oxygen atoms in total. The summed E-state index contributed by atoms with van der Waals surface area (Å²) in [6.45, 7) is 4.17. The molecule has 0 radical (unpaired) electrons. The number of aryl methyl sites for hydroxylation is 1. The third-order valence-corrected chi connectivity index (χ3v) is 2.89. The van der Waals surface area contributed by atoms with Gasteiger partial charge in [0.25, 0.3) is 0 Å². The number of hydroxylamine groups is 2. The minimum atomic E-state index is -1.10. The number of aromatic nitrogens is 2. The van der Waals surface area contributed by atoms with Crippen LogP contribution < -0.4 is 0 Å². The van der Waals surface area contributed by atoms with Crippen LogP contribution in [0, 0.1) is 0 Å². The summed E-state index contributed by atoms with van der Waals surface area (Å²) in [5.41, 5.74) is 3.04. The molecule has 2 rings (SSSR count). The van der Waals surface area contributed by atoms with Crippen LogP contribution in [-0.4, -0.2) is 32.8 Å². The number of carbonyl (C=O) groups is 1. The number of fused-ring (bicyclic) bond motifs is 1. The van der Waals surface area contributed by atoms with Gasteiger partial charge in [0.2, 0.25) is 0 Å². The Kier molecular flexibility index (Phi) is 4.01. The van der Waals surface area contributed by atoms with Gasteiger partial charge >= 0.3 is 6.09 Å². The van der Waals surface area contributed by atoms with Gasteiger partial charge in [-0.25, -0.2) is 9.78 Å². The van der Waals surface area contributed by atoms with Gasteiger partial charge < -0.3 is 10.1 Å². The van der Waals surface area contributed by atoms with E-state index in [1.54, 1.807) is 6.92 Å². The van der Waals surface area contributed by atoms with Crippen LogP contribution >= 0.6 is 0 Å². The molecule has 1 heterocycles. The fourth-order valence-corrected chi connectivity index (χ4v) is 1.93. The van der Waals surface area contributed by atoms with Gasteiger partial charge in [0, 0.05) is 6.54 Å². The molecule has 1 amide bonds. The number of amides is 1. The van der Waals surface area contributed by atoms with Crippen molar-refractivity contribution in [3.63, 3.8) is 0 Å². The third-order valence-electron chi connectivity index (χ3n) is 2.89. The van der Waals surface area contributed by atoms with Crippen molar-refractivity contribution in [3.8, 4) is 0 Å². The van der Waals surface area contributed by atoms with Crippen molar-refractivity contribution in [1.29, 1.82) is 0 Å². The SMILES string of the molecule is CCc1cccc2nc(CON(CC)C(=O)O)[nH]c12. The predicted molar refractivity (Wildman–Crippen MR) is 70.7 cm³/mol. The summed E-state index contributed by atoms with van der Waals surface area (Å²) in [4.78, 5) is 23.5. The van der Waals surface area contributed by atoms with Gasteiger partial charge in [0.1, 0.15) is 12.4 Å². The summed E-state index contributed by atoms with van der Waals surface area (Å²) in [7, 11) is 0. The molecule has 19 heavy (non-hydrogen) atoms. The van der Waals surface area contributed by atoms with Crippen LogP contribution in [0.3, 0.4) is 0 Å². The van der Waals surface area contributed by atoms with E-state index in [2.05, 4.69) is 16.9 Å². The van der Waals surface area contributed by atoms with E-state index >= 15 is 0 Å². The number of carboxylic acid groups (broad SMARTS) is 1. The van der Waals surface area contributed by atoms with Crippen molar-refractivity contribution in [1.82, 2.24) is 15.0 Å². The molecule has 0 spiro atoms. The lowest BCUT2D eigenvalue weighted by Crippen LogP contribution is -2.29. The number of rotatable bonds is 5. The zero-order valence-corrected chi connectivity index (χ0v) is 11.0. The maximum atomic E-state index is 10.8. The molecule has 0 aliphatic carbocycles. The van der Waals surface area contributed by atoms with Crippen LogP contribution in [0.2, 0.25) is 0 Å². The fraction of sp³-hybridized carbons (Fsp3) is 0.385. The van der Waals surface area contributed by atoms with E-state index in [-0.39, 0.29) is 13.2 Å². The minimum absolute atomic E-state index is 0.109. The van der Waals surface area contributed by atoms with Gasteiger partial charge in [-0.3, -0.25) is 4.84 Å². The summed E-state index contributed by atoms with van der Waals surface area (Å²) >= 11 is 0. The maximum absolute atomic E-state index is 10.8. The number of hydrogen-bond acceptors (Lipinski definition) is 3. The van der Waals surface area contributed by atoms with E-state index in [0.29, 0.717) is 5.82 Å². The second-order valence-electron chi connectivity index (χ2n) is 4.10. The molecule has 0 aliphatic rings. The molecular formula is C13H17N3O3. The number of imidazole rings is 1. The first kappa shape index (κ1) is 13.4. The summed E-state index contributed by atoms with van der Waals surface area (Å²) in [5.74, 6) is 0.621. The van der Waals surface area contributed by atoms with Gasteiger partial charge in [0.05, 0.1) is 11.0 Å². The molecule has 1 aromatic carbocycles. The number of nitrogens with zero attached hydrogens (tertiary/aromatic N) is 2. The molecule has 0 saturated heterocycles. The topological polar surface area (TPSA) is 78.4 Å². The van der Waals surface area contributed by atoms with Crippen molar-refractivity contribution in [2.75, 3.05) is 6.54 Å². The van der Waals surface area contributed by atoms with Crippen LogP contribution in [0.4, 0.5) is 4.79 Å². The highest BCUT2D eigenvalue weighted by Crippen LogP contribution is 2.17. The molecule has 102 valence electrons. The number of aromatic amines is 1. The zero-order valence-electron chi connectivity index (χ0n) is 11.0. The van der Waals surface area contributed by atoms with Crippen molar-refractivity contribution in [2.24, 2.45) is 0 Å². The quantitative estimate of drug-likeness (QED) is 0.812. The van der Waals surface area contributed by atoms with Crippen molar-refractivity contribution in [3.05, 3.63) is 29.6 Å². The highest BCUT2D eigenvalue weighted by molar-refractivity contribution is 5.78. The standard InChI is InChI=1S/C13H17N3O3/c1-3-9-6-5-7-10-12(9)15-11(14-10)8-19-16(4-2)13(17)18/h5-7H,3-4,8H2,1-2H3,(H,14,15)(H,17,18). The Hall–Kier alpha value is -2.08. The van der Waals surface area contributed by atoms with E-state index < -0.39 is 6.09 Å². The monoisotopic (exact) mass is 263 g/mol. The normalized spacial score (nSPS) is 10.8. The maximum Gasteiger partial charge on any atom is 0.431 e. The molecule has 6 heteroatoms. The van der Waals surface area contributed by atoms with Crippen LogP contribution in [0.25, 0.3) is 11.0 Å². The average molecular weight is 263 g/mol. The first-order chi connectivity index (χ1) is 9.15. The molecule has 2 aromatic rings. The molecule has 0 fully saturated rings. The Labute approximate surface area is 111 Å². The first-order valence-electron chi connectivity index (χ1n) is 6.25. The number of para-hydroxylation sites is 1. The van der Waals surface area contributed by atoms with Gasteiger partial charge in [-0.15, -0.1) is 0 Å². The molecule has 0 aliphatic heterocycles. The Morgan fingerprint density at radius 3 is 2.89 bits per heavy atom. The summed E-state index contributed by atoms with van der Waals surface area (Å²) < 4.78 is 0. The molecule has 0 atom stereocenters. The second kappa shape index (κ2) is 5.71. The summed E-state index contributed by atoms with van der Waals surface area (Å²) in [6, 6.07) is 5.92. The lowest BCUT2D eigenvalue weighted by Gasteiger charge is -2.14.